The van der Waals surface area contributed by atoms with E-state index in [1.165, 1.54) is 18.6 Å². The van der Waals surface area contributed by atoms with Crippen LogP contribution in [0.15, 0.2) is 36.5 Å². The Morgan fingerprint density at radius 2 is 2.00 bits per heavy atom. The van der Waals surface area contributed by atoms with Crippen molar-refractivity contribution in [2.75, 3.05) is 32.0 Å². The van der Waals surface area contributed by atoms with Gasteiger partial charge in [-0.15, -0.1) is 0 Å². The number of amides is 1. The second-order valence-corrected chi connectivity index (χ2v) is 9.19. The van der Waals surface area contributed by atoms with Gasteiger partial charge in [-0.2, -0.15) is 0 Å². The first kappa shape index (κ1) is 20.6. The van der Waals surface area contributed by atoms with Crippen LogP contribution >= 0.6 is 11.9 Å². The molecule has 2 aliphatic heterocycles. The number of aromatic nitrogens is 1. The summed E-state index contributed by atoms with van der Waals surface area (Å²) in [7, 11) is 0. The van der Waals surface area contributed by atoms with E-state index in [1.54, 1.807) is 0 Å². The molecule has 156 valence electrons. The molecule has 0 saturated carbocycles. The van der Waals surface area contributed by atoms with E-state index < -0.39 is 0 Å². The van der Waals surface area contributed by atoms with Crippen LogP contribution in [0, 0.1) is 0 Å². The number of nitrogens with zero attached hydrogens (tertiary/aromatic N) is 3. The number of hydrogen-bond donors (Lipinski definition) is 0. The predicted octanol–water partition coefficient (Wildman–Crippen LogP) is 4.38. The fourth-order valence-corrected chi connectivity index (χ4v) is 5.16. The molecule has 6 heteroatoms. The van der Waals surface area contributed by atoms with Gasteiger partial charge in [-0.3, -0.25) is 14.1 Å². The number of piperidine rings is 1. The molecule has 1 amide bonds. The van der Waals surface area contributed by atoms with Crippen LogP contribution < -0.4 is 0 Å². The lowest BCUT2D eigenvalue weighted by atomic mass is 10.0. The zero-order chi connectivity index (χ0) is 20.1. The molecule has 0 N–H and O–H groups in total. The highest BCUT2D eigenvalue weighted by Crippen LogP contribution is 2.26. The molecule has 5 nitrogen and oxygen atoms in total. The van der Waals surface area contributed by atoms with Gasteiger partial charge in [-0.05, 0) is 37.1 Å². The van der Waals surface area contributed by atoms with Crippen molar-refractivity contribution in [1.82, 2.24) is 14.2 Å². The molecule has 0 spiro atoms. The molecule has 3 heterocycles. The maximum atomic E-state index is 13.4. The van der Waals surface area contributed by atoms with Gasteiger partial charge in [0.25, 0.3) is 5.91 Å². The number of carbonyl (C=O) groups is 1. The normalized spacial score (nSPS) is 20.5. The van der Waals surface area contributed by atoms with E-state index >= 15 is 0 Å². The van der Waals surface area contributed by atoms with Gasteiger partial charge in [-0.25, -0.2) is 0 Å². The van der Waals surface area contributed by atoms with Crippen LogP contribution in [0.3, 0.4) is 0 Å². The van der Waals surface area contributed by atoms with Crippen LogP contribution in [0.25, 0.3) is 10.8 Å². The monoisotopic (exact) mass is 413 g/mol. The smallest absolute Gasteiger partial charge is 0.272 e. The third-order valence-corrected chi connectivity index (χ3v) is 7.14. The van der Waals surface area contributed by atoms with Crippen LogP contribution in [0.4, 0.5) is 0 Å². The van der Waals surface area contributed by atoms with Gasteiger partial charge < -0.3 is 9.64 Å². The maximum Gasteiger partial charge on any atom is 0.272 e. The summed E-state index contributed by atoms with van der Waals surface area (Å²) in [5.41, 5.74) is 0.544. The average Bonchev–Trinajstić information content (AvgIpc) is 2.73. The van der Waals surface area contributed by atoms with Crippen molar-refractivity contribution >= 4 is 28.6 Å². The minimum Gasteiger partial charge on any atom is -0.376 e. The zero-order valence-electron chi connectivity index (χ0n) is 17.3. The molecular weight excluding hydrogens is 382 g/mol. The summed E-state index contributed by atoms with van der Waals surface area (Å²) in [6.07, 6.45) is 7.58. The highest BCUT2D eigenvalue weighted by atomic mass is 32.2. The van der Waals surface area contributed by atoms with Gasteiger partial charge in [0.15, 0.2) is 0 Å². The van der Waals surface area contributed by atoms with E-state index in [-0.39, 0.29) is 18.1 Å². The van der Waals surface area contributed by atoms with Gasteiger partial charge in [0.2, 0.25) is 0 Å². The topological polar surface area (TPSA) is 45.7 Å². The largest absolute Gasteiger partial charge is 0.376 e. The molecule has 2 saturated heterocycles. The Hall–Kier alpha value is -1.63. The summed E-state index contributed by atoms with van der Waals surface area (Å²) in [5, 5.41) is 2.13. The van der Waals surface area contributed by atoms with Crippen LogP contribution in [0.5, 0.6) is 0 Å². The van der Waals surface area contributed by atoms with Crippen molar-refractivity contribution in [2.45, 2.75) is 51.2 Å². The lowest BCUT2D eigenvalue weighted by Gasteiger charge is -2.41. The van der Waals surface area contributed by atoms with Crippen molar-refractivity contribution < 1.29 is 9.53 Å². The predicted molar refractivity (Wildman–Crippen MR) is 119 cm³/mol. The summed E-state index contributed by atoms with van der Waals surface area (Å²) in [6.45, 7) is 5.81. The molecule has 1 aromatic carbocycles. The fraction of sp³-hybridized carbons (Fsp3) is 0.565. The second kappa shape index (κ2) is 9.92. The summed E-state index contributed by atoms with van der Waals surface area (Å²) in [6, 6.07) is 10.3. The third kappa shape index (κ3) is 5.11. The van der Waals surface area contributed by atoms with Crippen molar-refractivity contribution in [2.24, 2.45) is 0 Å². The molecular formula is C23H31N3O2S. The SMILES string of the molecule is CCCCSN1CCC(N(CC2CCO2)C(=O)c2cc3ccccc3cn2)CC1. The molecule has 1 aromatic heterocycles. The van der Waals surface area contributed by atoms with Crippen LogP contribution in [-0.2, 0) is 4.74 Å². The van der Waals surface area contributed by atoms with Crippen LogP contribution in [0.1, 0.15) is 49.5 Å². The van der Waals surface area contributed by atoms with E-state index in [1.807, 2.05) is 48.5 Å². The molecule has 0 aliphatic carbocycles. The lowest BCUT2D eigenvalue weighted by Crippen LogP contribution is -2.51. The number of ether oxygens (including phenoxy) is 1. The van der Waals surface area contributed by atoms with Crippen molar-refractivity contribution in [1.29, 1.82) is 0 Å². The third-order valence-electron chi connectivity index (χ3n) is 5.94. The van der Waals surface area contributed by atoms with Gasteiger partial charge in [0, 0.05) is 49.6 Å². The molecule has 0 radical (unpaired) electrons. The zero-order valence-corrected chi connectivity index (χ0v) is 18.1. The first-order chi connectivity index (χ1) is 14.2. The minimum atomic E-state index is 0.0448. The molecule has 2 aromatic rings. The van der Waals surface area contributed by atoms with Crippen molar-refractivity contribution in [3.63, 3.8) is 0 Å². The molecule has 1 atom stereocenters. The van der Waals surface area contributed by atoms with E-state index in [4.69, 9.17) is 4.74 Å². The van der Waals surface area contributed by atoms with E-state index in [9.17, 15) is 4.79 Å². The lowest BCUT2D eigenvalue weighted by molar-refractivity contribution is -0.0689. The number of benzene rings is 1. The Labute approximate surface area is 177 Å². The number of hydrogen-bond acceptors (Lipinski definition) is 5. The minimum absolute atomic E-state index is 0.0448. The van der Waals surface area contributed by atoms with Gasteiger partial charge in [0.05, 0.1) is 6.10 Å². The summed E-state index contributed by atoms with van der Waals surface area (Å²) in [4.78, 5) is 20.0. The van der Waals surface area contributed by atoms with Gasteiger partial charge >= 0.3 is 0 Å². The molecule has 29 heavy (non-hydrogen) atoms. The number of fused-ring (bicyclic) bond motifs is 1. The first-order valence-corrected chi connectivity index (χ1v) is 11.8. The summed E-state index contributed by atoms with van der Waals surface area (Å²) >= 11 is 1.96. The molecule has 2 aliphatic rings. The van der Waals surface area contributed by atoms with E-state index in [0.717, 1.165) is 49.7 Å². The molecule has 4 rings (SSSR count). The van der Waals surface area contributed by atoms with Crippen molar-refractivity contribution in [3.8, 4) is 0 Å². The number of carbonyl (C=O) groups excluding carboxylic acids is 1. The number of rotatable bonds is 8. The Morgan fingerprint density at radius 1 is 1.24 bits per heavy atom. The average molecular weight is 414 g/mol. The Morgan fingerprint density at radius 3 is 2.69 bits per heavy atom. The Kier molecular flexibility index (Phi) is 7.06. The second-order valence-electron chi connectivity index (χ2n) is 8.00. The quantitative estimate of drug-likeness (QED) is 0.475. The fourth-order valence-electron chi connectivity index (χ4n) is 4.01. The maximum absolute atomic E-state index is 13.4. The highest BCUT2D eigenvalue weighted by molar-refractivity contribution is 7.97. The van der Waals surface area contributed by atoms with Gasteiger partial charge in [-0.1, -0.05) is 49.6 Å². The molecule has 2 fully saturated rings. The van der Waals surface area contributed by atoms with E-state index in [2.05, 4.69) is 21.1 Å². The Balaban J connectivity index is 1.45. The molecule has 1 unspecified atom stereocenters. The Bertz CT molecular complexity index is 819. The first-order valence-electron chi connectivity index (χ1n) is 10.9. The summed E-state index contributed by atoms with van der Waals surface area (Å²) < 4.78 is 8.14. The number of unbranched alkanes of at least 4 members (excludes halogenated alkanes) is 1. The van der Waals surface area contributed by atoms with Gasteiger partial charge in [0.1, 0.15) is 5.69 Å². The van der Waals surface area contributed by atoms with E-state index in [0.29, 0.717) is 12.2 Å². The summed E-state index contributed by atoms with van der Waals surface area (Å²) in [5.74, 6) is 1.24. The standard InChI is InChI=1S/C23H31N3O2S/c1-2-3-14-29-25-11-8-20(9-12-25)26(17-21-10-13-28-21)23(27)22-15-18-6-4-5-7-19(18)16-24-22/h4-7,15-16,20-21H,2-3,8-14,17H2,1H3. The van der Waals surface area contributed by atoms with Crippen LogP contribution in [0.2, 0.25) is 0 Å². The number of pyridine rings is 1. The molecule has 0 bridgehead atoms. The highest BCUT2D eigenvalue weighted by Gasteiger charge is 2.33. The van der Waals surface area contributed by atoms with Crippen LogP contribution in [-0.4, -0.2) is 64.2 Å². The van der Waals surface area contributed by atoms with Crippen molar-refractivity contribution in [3.05, 3.63) is 42.2 Å².